The first kappa shape index (κ1) is 20.0. The van der Waals surface area contributed by atoms with Gasteiger partial charge in [0.1, 0.15) is 17.4 Å². The number of fused-ring (bicyclic) bond motifs is 1. The number of nitrogens with one attached hydrogen (secondary N) is 1. The highest BCUT2D eigenvalue weighted by Gasteiger charge is 2.17. The van der Waals surface area contributed by atoms with Gasteiger partial charge in [-0.1, -0.05) is 12.1 Å². The van der Waals surface area contributed by atoms with E-state index in [1.54, 1.807) is 36.4 Å². The maximum absolute atomic E-state index is 12.7. The second kappa shape index (κ2) is 9.00. The number of amides is 1. The molecule has 1 aliphatic rings. The van der Waals surface area contributed by atoms with E-state index in [0.29, 0.717) is 22.9 Å². The fraction of sp³-hybridized carbons (Fsp3) is 0.143. The molecule has 1 N–H and O–H groups in total. The molecule has 0 atom stereocenters. The lowest BCUT2D eigenvalue weighted by atomic mass is 10.2. The van der Waals surface area contributed by atoms with Gasteiger partial charge in [0.25, 0.3) is 11.7 Å². The number of carbonyl (C=O) groups excluding carboxylic acids is 1. The minimum atomic E-state index is -2.66. The summed E-state index contributed by atoms with van der Waals surface area (Å²) in [6.07, 6.45) is 1.37. The number of alkyl halides is 2. The minimum absolute atomic E-state index is 0.0210. The average molecular weight is 430 g/mol. The molecule has 1 aliphatic heterocycles. The van der Waals surface area contributed by atoms with Crippen LogP contribution in [0, 0.1) is 0 Å². The van der Waals surface area contributed by atoms with Crippen LogP contribution in [0.1, 0.15) is 15.9 Å². The Morgan fingerprint density at radius 2 is 2.00 bits per heavy atom. The van der Waals surface area contributed by atoms with Crippen LogP contribution in [0.4, 0.5) is 14.5 Å². The van der Waals surface area contributed by atoms with Crippen molar-refractivity contribution in [2.75, 3.05) is 12.1 Å². The molecule has 0 bridgehead atoms. The number of thioether (sulfide) groups is 1. The fourth-order valence-electron chi connectivity index (χ4n) is 2.81. The van der Waals surface area contributed by atoms with Crippen LogP contribution in [0.3, 0.4) is 0 Å². The van der Waals surface area contributed by atoms with Gasteiger partial charge in [0.15, 0.2) is 11.5 Å². The van der Waals surface area contributed by atoms with E-state index in [4.69, 9.17) is 14.2 Å². The van der Waals surface area contributed by atoms with Gasteiger partial charge >= 0.3 is 0 Å². The molecule has 0 radical (unpaired) electrons. The number of anilines is 1. The van der Waals surface area contributed by atoms with Crippen molar-refractivity contribution in [3.8, 4) is 17.2 Å². The molecular weight excluding hydrogens is 414 g/mol. The quantitative estimate of drug-likeness (QED) is 0.535. The van der Waals surface area contributed by atoms with Crippen LogP contribution < -0.4 is 19.5 Å². The predicted molar refractivity (Wildman–Crippen MR) is 107 cm³/mol. The number of carbonyl (C=O) groups is 1. The molecule has 2 heterocycles. The molecule has 1 aromatic heterocycles. The second-order valence-electron chi connectivity index (χ2n) is 6.19. The number of benzene rings is 2. The molecule has 3 aromatic rings. The largest absolute Gasteiger partial charge is 0.489 e. The lowest BCUT2D eigenvalue weighted by Crippen LogP contribution is -2.14. The number of nitrogens with zero attached hydrogens (tertiary/aromatic N) is 1. The molecular formula is C21H16F2N2O4S. The van der Waals surface area contributed by atoms with Crippen LogP contribution in [-0.4, -0.2) is 23.4 Å². The summed E-state index contributed by atoms with van der Waals surface area (Å²) in [7, 11) is 0. The zero-order chi connectivity index (χ0) is 20.9. The van der Waals surface area contributed by atoms with Crippen molar-refractivity contribution in [3.05, 3.63) is 71.9 Å². The highest BCUT2D eigenvalue weighted by Crippen LogP contribution is 2.35. The van der Waals surface area contributed by atoms with E-state index >= 15 is 0 Å². The first-order valence-corrected chi connectivity index (χ1v) is 9.79. The van der Waals surface area contributed by atoms with Crippen LogP contribution in [0.15, 0.2) is 65.8 Å². The Kier molecular flexibility index (Phi) is 5.99. The number of hydrogen-bond donors (Lipinski definition) is 1. The van der Waals surface area contributed by atoms with Crippen molar-refractivity contribution >= 4 is 23.4 Å². The van der Waals surface area contributed by atoms with E-state index in [2.05, 4.69) is 10.3 Å². The smallest absolute Gasteiger partial charge is 0.290 e. The average Bonchev–Trinajstić information content (AvgIpc) is 3.20. The van der Waals surface area contributed by atoms with Crippen molar-refractivity contribution in [2.45, 2.75) is 17.4 Å². The third-order valence-corrected chi connectivity index (χ3v) is 4.88. The summed E-state index contributed by atoms with van der Waals surface area (Å²) < 4.78 is 41.8. The van der Waals surface area contributed by atoms with Gasteiger partial charge in [-0.3, -0.25) is 4.79 Å². The summed E-state index contributed by atoms with van der Waals surface area (Å²) in [5.41, 5.74) is 1.42. The molecule has 154 valence electrons. The van der Waals surface area contributed by atoms with Crippen LogP contribution in [0.5, 0.6) is 17.2 Å². The van der Waals surface area contributed by atoms with Crippen LogP contribution in [0.2, 0.25) is 0 Å². The van der Waals surface area contributed by atoms with Gasteiger partial charge in [0.2, 0.25) is 6.79 Å². The predicted octanol–water partition coefficient (Wildman–Crippen LogP) is 4.96. The molecule has 30 heavy (non-hydrogen) atoms. The maximum atomic E-state index is 12.7. The summed E-state index contributed by atoms with van der Waals surface area (Å²) >= 11 is 0.237. The normalized spacial score (nSPS) is 12.1. The lowest BCUT2D eigenvalue weighted by Gasteiger charge is -2.11. The Labute approximate surface area is 175 Å². The molecule has 0 fully saturated rings. The molecule has 9 heteroatoms. The summed E-state index contributed by atoms with van der Waals surface area (Å²) in [5, 5.41) is 2.69. The zero-order valence-corrected chi connectivity index (χ0v) is 16.3. The monoisotopic (exact) mass is 430 g/mol. The highest BCUT2D eigenvalue weighted by molar-refractivity contribution is 7.99. The van der Waals surface area contributed by atoms with Gasteiger partial charge < -0.3 is 19.5 Å². The van der Waals surface area contributed by atoms with Gasteiger partial charge in [0, 0.05) is 18.0 Å². The molecule has 0 saturated heterocycles. The van der Waals surface area contributed by atoms with Gasteiger partial charge in [-0.05, 0) is 53.7 Å². The van der Waals surface area contributed by atoms with Gasteiger partial charge in [0.05, 0.1) is 5.56 Å². The molecule has 0 unspecified atom stereocenters. The molecule has 4 rings (SSSR count). The van der Waals surface area contributed by atoms with Crippen molar-refractivity contribution in [1.82, 2.24) is 4.98 Å². The number of aromatic nitrogens is 1. The second-order valence-corrected chi connectivity index (χ2v) is 7.17. The standard InChI is InChI=1S/C21H16F2N2O4S/c22-21(23)30-20-16(5-2-8-24-20)19(26)25-14-4-1-3-13(9-14)11-27-15-6-7-17-18(10-15)29-12-28-17/h1-10,21H,11-12H2,(H,25,26). The Hall–Kier alpha value is -3.33. The fourth-order valence-corrected chi connectivity index (χ4v) is 3.39. The minimum Gasteiger partial charge on any atom is -0.489 e. The van der Waals surface area contributed by atoms with E-state index in [1.165, 1.54) is 18.3 Å². The Morgan fingerprint density at radius 1 is 1.13 bits per heavy atom. The summed E-state index contributed by atoms with van der Waals surface area (Å²) in [6, 6.07) is 15.4. The summed E-state index contributed by atoms with van der Waals surface area (Å²) in [4.78, 5) is 16.4. The number of halogens is 2. The Morgan fingerprint density at radius 3 is 2.87 bits per heavy atom. The summed E-state index contributed by atoms with van der Waals surface area (Å²) in [6.45, 7) is 0.456. The van der Waals surface area contributed by atoms with E-state index in [9.17, 15) is 13.6 Å². The Bertz CT molecular complexity index is 1060. The number of ether oxygens (including phenoxy) is 3. The van der Waals surface area contributed by atoms with Gasteiger partial charge in [-0.15, -0.1) is 0 Å². The van der Waals surface area contributed by atoms with Crippen molar-refractivity contribution in [2.24, 2.45) is 0 Å². The molecule has 0 aliphatic carbocycles. The first-order valence-electron chi connectivity index (χ1n) is 8.91. The van der Waals surface area contributed by atoms with E-state index in [-0.39, 0.29) is 35.8 Å². The van der Waals surface area contributed by atoms with Crippen molar-refractivity contribution in [1.29, 1.82) is 0 Å². The molecule has 0 saturated carbocycles. The molecule has 0 spiro atoms. The number of hydrogen-bond acceptors (Lipinski definition) is 6. The van der Waals surface area contributed by atoms with E-state index in [0.717, 1.165) is 5.56 Å². The van der Waals surface area contributed by atoms with Crippen molar-refractivity contribution < 1.29 is 27.8 Å². The van der Waals surface area contributed by atoms with Crippen molar-refractivity contribution in [3.63, 3.8) is 0 Å². The third kappa shape index (κ3) is 4.80. The highest BCUT2D eigenvalue weighted by atomic mass is 32.2. The number of rotatable bonds is 7. The Balaban J connectivity index is 1.42. The van der Waals surface area contributed by atoms with Crippen LogP contribution in [-0.2, 0) is 6.61 Å². The van der Waals surface area contributed by atoms with Gasteiger partial charge in [-0.25, -0.2) is 4.98 Å². The molecule has 1 amide bonds. The molecule has 2 aromatic carbocycles. The van der Waals surface area contributed by atoms with Crippen LogP contribution >= 0.6 is 11.8 Å². The summed E-state index contributed by atoms with van der Waals surface area (Å²) in [5.74, 6) is -1.25. The number of pyridine rings is 1. The first-order chi connectivity index (χ1) is 14.6. The SMILES string of the molecule is O=C(Nc1cccc(COc2ccc3c(c2)OCO3)c1)c1cccnc1SC(F)F. The lowest BCUT2D eigenvalue weighted by molar-refractivity contribution is 0.102. The van der Waals surface area contributed by atoms with Crippen LogP contribution in [0.25, 0.3) is 0 Å². The van der Waals surface area contributed by atoms with E-state index < -0.39 is 11.7 Å². The van der Waals surface area contributed by atoms with E-state index in [1.807, 2.05) is 6.07 Å². The van der Waals surface area contributed by atoms with Gasteiger partial charge in [-0.2, -0.15) is 8.78 Å². The zero-order valence-electron chi connectivity index (χ0n) is 15.5. The third-order valence-electron chi connectivity index (χ3n) is 4.15. The maximum Gasteiger partial charge on any atom is 0.290 e. The molecule has 6 nitrogen and oxygen atoms in total. The topological polar surface area (TPSA) is 69.7 Å².